The number of benzene rings is 1. The van der Waals surface area contributed by atoms with Gasteiger partial charge in [-0.05, 0) is 12.1 Å². The number of nitrogen functional groups attached to an aromatic ring is 1. The summed E-state index contributed by atoms with van der Waals surface area (Å²) in [6, 6.07) is 4.75. The number of nitrogens with zero attached hydrogens (tertiary/aromatic N) is 2. The van der Waals surface area contributed by atoms with Crippen molar-refractivity contribution in [2.75, 3.05) is 5.43 Å². The van der Waals surface area contributed by atoms with E-state index in [-0.39, 0.29) is 22.8 Å². The van der Waals surface area contributed by atoms with Gasteiger partial charge < -0.3 is 9.95 Å². The molecule has 0 amide bonds. The van der Waals surface area contributed by atoms with E-state index < -0.39 is 14.9 Å². The van der Waals surface area contributed by atoms with Gasteiger partial charge in [-0.1, -0.05) is 5.16 Å². The van der Waals surface area contributed by atoms with Gasteiger partial charge in [0.25, 0.3) is 5.69 Å². The fourth-order valence-corrected chi connectivity index (χ4v) is 2.56. The van der Waals surface area contributed by atoms with Crippen LogP contribution < -0.4 is 16.0 Å². The number of nitro groups is 1. The zero-order valence-electron chi connectivity index (χ0n) is 10.5. The van der Waals surface area contributed by atoms with Crippen molar-refractivity contribution in [3.8, 4) is 0 Å². The fraction of sp³-hybridized carbons (Fsp3) is 0.100. The Kier molecular flexibility index (Phi) is 4.16. The molecule has 0 aliphatic carbocycles. The molecule has 21 heavy (non-hydrogen) atoms. The van der Waals surface area contributed by atoms with Crippen LogP contribution in [-0.2, 0) is 16.6 Å². The highest BCUT2D eigenvalue weighted by Gasteiger charge is 2.20. The molecule has 0 aliphatic rings. The number of hydrogen-bond acceptors (Lipinski definition) is 8. The van der Waals surface area contributed by atoms with E-state index >= 15 is 0 Å². The normalized spacial score (nSPS) is 11.3. The van der Waals surface area contributed by atoms with Crippen LogP contribution in [-0.4, -0.2) is 18.5 Å². The standard InChI is InChI=1S/C10H11N5O5S/c11-13-9-5-8(1-2-10(9)15(16)17)21(18,19)12-6-7-3-4-20-14-7/h1-5,12-13H,6,11H2. The van der Waals surface area contributed by atoms with Crippen LogP contribution in [0.2, 0.25) is 0 Å². The highest BCUT2D eigenvalue weighted by atomic mass is 32.2. The molecule has 0 fully saturated rings. The summed E-state index contributed by atoms with van der Waals surface area (Å²) in [5.41, 5.74) is 2.07. The van der Waals surface area contributed by atoms with Crippen molar-refractivity contribution < 1.29 is 17.9 Å². The number of nitrogens with two attached hydrogens (primary N) is 1. The third-order valence-electron chi connectivity index (χ3n) is 2.57. The molecule has 1 aromatic heterocycles. The molecule has 0 aliphatic heterocycles. The number of nitrogens with one attached hydrogen (secondary N) is 2. The van der Waals surface area contributed by atoms with E-state index in [1.165, 1.54) is 12.3 Å². The zero-order valence-corrected chi connectivity index (χ0v) is 11.3. The maximum atomic E-state index is 12.1. The summed E-state index contributed by atoms with van der Waals surface area (Å²) < 4.78 is 31.0. The van der Waals surface area contributed by atoms with Crippen molar-refractivity contribution in [1.82, 2.24) is 9.88 Å². The third kappa shape index (κ3) is 3.34. The number of rotatable bonds is 6. The second-order valence-electron chi connectivity index (χ2n) is 3.90. The topological polar surface area (TPSA) is 153 Å². The SMILES string of the molecule is NNc1cc(S(=O)(=O)NCc2ccon2)ccc1[N+](=O)[O-]. The average Bonchev–Trinajstić information content (AvgIpc) is 2.97. The van der Waals surface area contributed by atoms with Gasteiger partial charge in [0.2, 0.25) is 10.0 Å². The minimum Gasteiger partial charge on any atom is -0.364 e. The molecule has 1 heterocycles. The molecule has 1 aromatic carbocycles. The van der Waals surface area contributed by atoms with E-state index in [9.17, 15) is 18.5 Å². The van der Waals surface area contributed by atoms with Crippen molar-refractivity contribution >= 4 is 21.4 Å². The van der Waals surface area contributed by atoms with Gasteiger partial charge in [0.1, 0.15) is 12.0 Å². The molecule has 0 unspecified atom stereocenters. The second kappa shape index (κ2) is 5.87. The molecular weight excluding hydrogens is 302 g/mol. The molecule has 0 bridgehead atoms. The fourth-order valence-electron chi connectivity index (χ4n) is 1.54. The van der Waals surface area contributed by atoms with Crippen LogP contribution in [0.15, 0.2) is 39.9 Å². The third-order valence-corrected chi connectivity index (χ3v) is 3.96. The van der Waals surface area contributed by atoms with Gasteiger partial charge in [-0.25, -0.2) is 13.1 Å². The molecule has 10 nitrogen and oxygen atoms in total. The molecule has 4 N–H and O–H groups in total. The summed E-state index contributed by atoms with van der Waals surface area (Å²) in [5.74, 6) is 5.16. The lowest BCUT2D eigenvalue weighted by Gasteiger charge is -2.07. The van der Waals surface area contributed by atoms with Crippen molar-refractivity contribution in [3.05, 3.63) is 46.3 Å². The summed E-state index contributed by atoms with van der Waals surface area (Å²) in [7, 11) is -3.86. The predicted molar refractivity (Wildman–Crippen MR) is 71.4 cm³/mol. The number of aromatic nitrogens is 1. The van der Waals surface area contributed by atoms with Crippen LogP contribution in [0, 0.1) is 10.1 Å². The van der Waals surface area contributed by atoms with Crippen LogP contribution in [0.4, 0.5) is 11.4 Å². The van der Waals surface area contributed by atoms with E-state index in [0.717, 1.165) is 18.2 Å². The quantitative estimate of drug-likeness (QED) is 0.392. The van der Waals surface area contributed by atoms with E-state index in [0.29, 0.717) is 5.69 Å². The van der Waals surface area contributed by atoms with E-state index in [4.69, 9.17) is 5.84 Å². The molecule has 0 saturated carbocycles. The van der Waals surface area contributed by atoms with Crippen LogP contribution >= 0.6 is 0 Å². The minimum atomic E-state index is -3.86. The Labute approximate surface area is 119 Å². The van der Waals surface area contributed by atoms with Crippen LogP contribution in [0.1, 0.15) is 5.69 Å². The molecule has 0 atom stereocenters. The Hall–Kier alpha value is -2.50. The van der Waals surface area contributed by atoms with Crippen molar-refractivity contribution in [1.29, 1.82) is 0 Å². The van der Waals surface area contributed by atoms with E-state index in [1.807, 2.05) is 0 Å². The molecule has 2 aromatic rings. The van der Waals surface area contributed by atoms with Crippen molar-refractivity contribution in [2.24, 2.45) is 5.84 Å². The molecule has 0 spiro atoms. The van der Waals surface area contributed by atoms with Gasteiger partial charge in [-0.3, -0.25) is 16.0 Å². The summed E-state index contributed by atoms with van der Waals surface area (Å²) in [4.78, 5) is 9.91. The Balaban J connectivity index is 2.25. The lowest BCUT2D eigenvalue weighted by atomic mass is 10.3. The molecule has 0 saturated heterocycles. The Morgan fingerprint density at radius 1 is 1.38 bits per heavy atom. The first-order valence-electron chi connectivity index (χ1n) is 5.58. The zero-order chi connectivity index (χ0) is 15.5. The lowest BCUT2D eigenvalue weighted by Crippen LogP contribution is -2.23. The summed E-state index contributed by atoms with van der Waals surface area (Å²) in [6.45, 7) is -0.0682. The number of hydrazine groups is 1. The Bertz CT molecular complexity index is 743. The van der Waals surface area contributed by atoms with E-state index in [1.54, 1.807) is 0 Å². The maximum Gasteiger partial charge on any atom is 0.293 e. The van der Waals surface area contributed by atoms with Crippen molar-refractivity contribution in [2.45, 2.75) is 11.4 Å². The lowest BCUT2D eigenvalue weighted by molar-refractivity contribution is -0.384. The largest absolute Gasteiger partial charge is 0.364 e. The van der Waals surface area contributed by atoms with Gasteiger partial charge in [-0.2, -0.15) is 0 Å². The monoisotopic (exact) mass is 313 g/mol. The van der Waals surface area contributed by atoms with Gasteiger partial charge in [0, 0.05) is 12.1 Å². The molecular formula is C10H11N5O5S. The molecule has 112 valence electrons. The number of hydrogen-bond donors (Lipinski definition) is 3. The van der Waals surface area contributed by atoms with E-state index in [2.05, 4.69) is 19.8 Å². The van der Waals surface area contributed by atoms with Gasteiger partial charge in [-0.15, -0.1) is 0 Å². The predicted octanol–water partition coefficient (Wildman–Crippen LogP) is 0.347. The molecule has 2 rings (SSSR count). The van der Waals surface area contributed by atoms with Crippen LogP contribution in [0.5, 0.6) is 0 Å². The summed E-state index contributed by atoms with van der Waals surface area (Å²) in [6.07, 6.45) is 1.31. The van der Waals surface area contributed by atoms with Gasteiger partial charge in [0.15, 0.2) is 0 Å². The summed E-state index contributed by atoms with van der Waals surface area (Å²) >= 11 is 0. The number of anilines is 1. The smallest absolute Gasteiger partial charge is 0.293 e. The highest BCUT2D eigenvalue weighted by Crippen LogP contribution is 2.26. The Morgan fingerprint density at radius 2 is 2.14 bits per heavy atom. The number of sulfonamides is 1. The molecule has 11 heteroatoms. The van der Waals surface area contributed by atoms with Crippen LogP contribution in [0.3, 0.4) is 0 Å². The molecule has 0 radical (unpaired) electrons. The highest BCUT2D eigenvalue weighted by molar-refractivity contribution is 7.89. The maximum absolute atomic E-state index is 12.1. The first kappa shape index (κ1) is 14.9. The first-order valence-corrected chi connectivity index (χ1v) is 7.06. The van der Waals surface area contributed by atoms with Gasteiger partial charge in [0.05, 0.1) is 22.1 Å². The van der Waals surface area contributed by atoms with Crippen molar-refractivity contribution in [3.63, 3.8) is 0 Å². The second-order valence-corrected chi connectivity index (χ2v) is 5.66. The minimum absolute atomic E-state index is 0.0682. The Morgan fingerprint density at radius 3 is 2.71 bits per heavy atom. The van der Waals surface area contributed by atoms with Gasteiger partial charge >= 0.3 is 0 Å². The summed E-state index contributed by atoms with van der Waals surface area (Å²) in [5, 5.41) is 14.3. The average molecular weight is 313 g/mol. The van der Waals surface area contributed by atoms with Crippen LogP contribution in [0.25, 0.3) is 0 Å². The first-order chi connectivity index (χ1) is 9.94. The number of nitro benzene ring substituents is 1.